The van der Waals surface area contributed by atoms with E-state index in [9.17, 15) is 0 Å². The van der Waals surface area contributed by atoms with Gasteiger partial charge >= 0.3 is 0 Å². The van der Waals surface area contributed by atoms with Crippen LogP contribution in [0.15, 0.2) is 22.7 Å². The highest BCUT2D eigenvalue weighted by Gasteiger charge is 2.23. The van der Waals surface area contributed by atoms with Crippen LogP contribution in [0.3, 0.4) is 0 Å². The molecule has 112 valence electrons. The molecule has 1 atom stereocenters. The van der Waals surface area contributed by atoms with Crippen molar-refractivity contribution in [3.8, 4) is 5.75 Å². The Morgan fingerprint density at radius 2 is 2.10 bits per heavy atom. The summed E-state index contributed by atoms with van der Waals surface area (Å²) in [5.74, 6) is 1.63. The number of ether oxygens (including phenoxy) is 1. The maximum Gasteiger partial charge on any atom is 0.135 e. The van der Waals surface area contributed by atoms with Gasteiger partial charge in [0.15, 0.2) is 0 Å². The van der Waals surface area contributed by atoms with Crippen molar-refractivity contribution in [2.75, 3.05) is 32.1 Å². The first-order valence-electron chi connectivity index (χ1n) is 7.46. The summed E-state index contributed by atoms with van der Waals surface area (Å²) in [7, 11) is 1.70. The summed E-state index contributed by atoms with van der Waals surface area (Å²) in [5.41, 5.74) is 1.13. The molecule has 1 fully saturated rings. The van der Waals surface area contributed by atoms with E-state index in [0.29, 0.717) is 6.04 Å². The SMILES string of the molecule is CCN1CCC(C(C)Nc2ccc(Br)c(OC)c2)CC1. The Balaban J connectivity index is 1.93. The molecule has 0 amide bonds. The number of halogens is 1. The molecule has 1 unspecified atom stereocenters. The van der Waals surface area contributed by atoms with E-state index < -0.39 is 0 Å². The maximum atomic E-state index is 5.35. The van der Waals surface area contributed by atoms with Gasteiger partial charge in [0.25, 0.3) is 0 Å². The minimum atomic E-state index is 0.500. The average Bonchev–Trinajstić information content (AvgIpc) is 2.49. The van der Waals surface area contributed by atoms with E-state index in [-0.39, 0.29) is 0 Å². The number of benzene rings is 1. The predicted octanol–water partition coefficient (Wildman–Crippen LogP) is 3.99. The van der Waals surface area contributed by atoms with Crippen LogP contribution < -0.4 is 10.1 Å². The molecule has 1 aromatic carbocycles. The van der Waals surface area contributed by atoms with Crippen molar-refractivity contribution in [3.63, 3.8) is 0 Å². The van der Waals surface area contributed by atoms with Gasteiger partial charge in [-0.05, 0) is 73.4 Å². The van der Waals surface area contributed by atoms with Crippen molar-refractivity contribution >= 4 is 21.6 Å². The molecule has 1 heterocycles. The third kappa shape index (κ3) is 3.89. The second kappa shape index (κ2) is 7.32. The lowest BCUT2D eigenvalue weighted by Crippen LogP contribution is -2.39. The summed E-state index contributed by atoms with van der Waals surface area (Å²) in [6.07, 6.45) is 2.57. The molecule has 0 radical (unpaired) electrons. The molecule has 1 aliphatic heterocycles. The summed E-state index contributed by atoms with van der Waals surface area (Å²) in [6, 6.07) is 6.69. The zero-order valence-corrected chi connectivity index (χ0v) is 14.2. The van der Waals surface area contributed by atoms with Gasteiger partial charge < -0.3 is 15.0 Å². The van der Waals surface area contributed by atoms with Gasteiger partial charge in [0.05, 0.1) is 11.6 Å². The first-order chi connectivity index (χ1) is 9.63. The van der Waals surface area contributed by atoms with Gasteiger partial charge in [0, 0.05) is 17.8 Å². The van der Waals surface area contributed by atoms with E-state index >= 15 is 0 Å². The Bertz CT molecular complexity index is 430. The van der Waals surface area contributed by atoms with Crippen LogP contribution in [-0.2, 0) is 0 Å². The number of methoxy groups -OCH3 is 1. The van der Waals surface area contributed by atoms with Gasteiger partial charge in [-0.15, -0.1) is 0 Å². The summed E-state index contributed by atoms with van der Waals surface area (Å²) in [5, 5.41) is 3.63. The fraction of sp³-hybridized carbons (Fsp3) is 0.625. The van der Waals surface area contributed by atoms with E-state index in [2.05, 4.69) is 52.1 Å². The van der Waals surface area contributed by atoms with Crippen molar-refractivity contribution in [3.05, 3.63) is 22.7 Å². The summed E-state index contributed by atoms with van der Waals surface area (Å²) in [4.78, 5) is 2.53. The Hall–Kier alpha value is -0.740. The third-order valence-corrected chi connectivity index (χ3v) is 4.99. The number of nitrogens with one attached hydrogen (secondary N) is 1. The highest BCUT2D eigenvalue weighted by molar-refractivity contribution is 9.10. The molecule has 1 N–H and O–H groups in total. The van der Waals surface area contributed by atoms with Gasteiger partial charge in [-0.3, -0.25) is 0 Å². The predicted molar refractivity (Wildman–Crippen MR) is 88.6 cm³/mol. The van der Waals surface area contributed by atoms with Gasteiger partial charge in [0.1, 0.15) is 5.75 Å². The standard InChI is InChI=1S/C16H25BrN2O/c1-4-19-9-7-13(8-10-19)12(2)18-14-5-6-15(17)16(11-14)20-3/h5-6,11-13,18H,4,7-10H2,1-3H3. The molecule has 1 aliphatic rings. The van der Waals surface area contributed by atoms with Crippen LogP contribution in [0, 0.1) is 5.92 Å². The van der Waals surface area contributed by atoms with Crippen molar-refractivity contribution in [2.45, 2.75) is 32.7 Å². The van der Waals surface area contributed by atoms with Crippen molar-refractivity contribution in [1.82, 2.24) is 4.90 Å². The van der Waals surface area contributed by atoms with Gasteiger partial charge in [-0.25, -0.2) is 0 Å². The molecular weight excluding hydrogens is 316 g/mol. The molecule has 1 saturated heterocycles. The second-order valence-corrected chi connectivity index (χ2v) is 6.41. The molecule has 3 nitrogen and oxygen atoms in total. The number of rotatable bonds is 5. The molecule has 0 bridgehead atoms. The molecule has 2 rings (SSSR count). The van der Waals surface area contributed by atoms with Crippen molar-refractivity contribution in [1.29, 1.82) is 0 Å². The number of likely N-dealkylation sites (tertiary alicyclic amines) is 1. The monoisotopic (exact) mass is 340 g/mol. The number of hydrogen-bond donors (Lipinski definition) is 1. The van der Waals surface area contributed by atoms with Gasteiger partial charge in [0.2, 0.25) is 0 Å². The zero-order chi connectivity index (χ0) is 14.5. The Kier molecular flexibility index (Phi) is 5.73. The minimum Gasteiger partial charge on any atom is -0.495 e. The smallest absolute Gasteiger partial charge is 0.135 e. The molecule has 0 aromatic heterocycles. The normalized spacial score (nSPS) is 18.8. The van der Waals surface area contributed by atoms with Crippen molar-refractivity contribution in [2.24, 2.45) is 5.92 Å². The number of piperidine rings is 1. The quantitative estimate of drug-likeness (QED) is 0.876. The number of nitrogens with zero attached hydrogens (tertiary/aromatic N) is 1. The Morgan fingerprint density at radius 3 is 2.70 bits per heavy atom. The summed E-state index contributed by atoms with van der Waals surface area (Å²) < 4.78 is 6.34. The molecule has 4 heteroatoms. The van der Waals surface area contributed by atoms with Gasteiger partial charge in [-0.2, -0.15) is 0 Å². The highest BCUT2D eigenvalue weighted by atomic mass is 79.9. The van der Waals surface area contributed by atoms with E-state index in [0.717, 1.165) is 21.8 Å². The molecular formula is C16H25BrN2O. The minimum absolute atomic E-state index is 0.500. The number of anilines is 1. The maximum absolute atomic E-state index is 5.35. The fourth-order valence-electron chi connectivity index (χ4n) is 2.90. The average molecular weight is 341 g/mol. The van der Waals surface area contributed by atoms with Crippen LogP contribution in [0.5, 0.6) is 5.75 Å². The lowest BCUT2D eigenvalue weighted by molar-refractivity contribution is 0.183. The summed E-state index contributed by atoms with van der Waals surface area (Å²) in [6.45, 7) is 8.18. The van der Waals surface area contributed by atoms with Gasteiger partial charge in [-0.1, -0.05) is 6.92 Å². The van der Waals surface area contributed by atoms with Crippen molar-refractivity contribution < 1.29 is 4.74 Å². The van der Waals surface area contributed by atoms with E-state index in [1.54, 1.807) is 7.11 Å². The highest BCUT2D eigenvalue weighted by Crippen LogP contribution is 2.29. The summed E-state index contributed by atoms with van der Waals surface area (Å²) >= 11 is 3.49. The first-order valence-corrected chi connectivity index (χ1v) is 8.25. The zero-order valence-electron chi connectivity index (χ0n) is 12.7. The largest absolute Gasteiger partial charge is 0.495 e. The van der Waals surface area contributed by atoms with Crippen LogP contribution in [0.2, 0.25) is 0 Å². The lowest BCUT2D eigenvalue weighted by Gasteiger charge is -2.34. The Morgan fingerprint density at radius 1 is 1.40 bits per heavy atom. The van der Waals surface area contributed by atoms with E-state index in [1.807, 2.05) is 6.07 Å². The van der Waals surface area contributed by atoms with Crippen LogP contribution in [0.4, 0.5) is 5.69 Å². The number of hydrogen-bond acceptors (Lipinski definition) is 3. The fourth-order valence-corrected chi connectivity index (χ4v) is 3.31. The molecule has 0 spiro atoms. The van der Waals surface area contributed by atoms with E-state index in [4.69, 9.17) is 4.74 Å². The van der Waals surface area contributed by atoms with E-state index in [1.165, 1.54) is 32.5 Å². The Labute approximate surface area is 130 Å². The van der Waals surface area contributed by atoms with Crippen LogP contribution in [0.1, 0.15) is 26.7 Å². The topological polar surface area (TPSA) is 24.5 Å². The second-order valence-electron chi connectivity index (χ2n) is 5.55. The molecule has 1 aromatic rings. The lowest BCUT2D eigenvalue weighted by atomic mass is 9.90. The molecule has 0 aliphatic carbocycles. The van der Waals surface area contributed by atoms with Crippen LogP contribution in [-0.4, -0.2) is 37.7 Å². The third-order valence-electron chi connectivity index (χ3n) is 4.33. The first kappa shape index (κ1) is 15.6. The van der Waals surface area contributed by atoms with Crippen LogP contribution >= 0.6 is 15.9 Å². The van der Waals surface area contributed by atoms with Crippen LogP contribution in [0.25, 0.3) is 0 Å². The molecule has 0 saturated carbocycles. The molecule has 20 heavy (non-hydrogen) atoms.